The van der Waals surface area contributed by atoms with Crippen LogP contribution in [0.5, 0.6) is 0 Å². The summed E-state index contributed by atoms with van der Waals surface area (Å²) in [6.45, 7) is 6.29. The fourth-order valence-corrected chi connectivity index (χ4v) is 4.04. The first-order valence-corrected chi connectivity index (χ1v) is 10.2. The van der Waals surface area contributed by atoms with E-state index in [-0.39, 0.29) is 16.5 Å². The van der Waals surface area contributed by atoms with Crippen molar-refractivity contribution in [2.45, 2.75) is 33.6 Å². The lowest BCUT2D eigenvalue weighted by Crippen LogP contribution is -2.29. The van der Waals surface area contributed by atoms with Crippen molar-refractivity contribution in [1.82, 2.24) is 9.78 Å². The van der Waals surface area contributed by atoms with Gasteiger partial charge in [-0.1, -0.05) is 13.8 Å². The highest BCUT2D eigenvalue weighted by Crippen LogP contribution is 2.37. The van der Waals surface area contributed by atoms with Gasteiger partial charge in [-0.15, -0.1) is 0 Å². The number of fused-ring (bicyclic) bond motifs is 1. The summed E-state index contributed by atoms with van der Waals surface area (Å²) in [5, 5.41) is 27.6. The minimum atomic E-state index is -0.971. The first-order valence-electron chi connectivity index (χ1n) is 10.2. The smallest absolute Gasteiger partial charge is 0.335 e. The standard InChI is InChI=1S/C24H24N4O4/c1-14-21-19(26-25-17-8-4-15(5-9-17)22(29)30)12-24(2,3)13-20(21)28(27-14)18-10-6-16(7-11-18)23(31)32/h4-11,25H,12-13H2,1-3H3,(H,29,30)(H,31,32)/b26-19+. The molecule has 8 heteroatoms. The number of benzene rings is 2. The summed E-state index contributed by atoms with van der Waals surface area (Å²) < 4.78 is 1.87. The maximum atomic E-state index is 11.2. The van der Waals surface area contributed by atoms with Gasteiger partial charge in [-0.25, -0.2) is 14.3 Å². The van der Waals surface area contributed by atoms with E-state index < -0.39 is 11.9 Å². The Balaban J connectivity index is 1.71. The van der Waals surface area contributed by atoms with Crippen LogP contribution in [-0.2, 0) is 6.42 Å². The zero-order valence-corrected chi connectivity index (χ0v) is 18.1. The molecule has 4 rings (SSSR count). The number of hydrogen-bond acceptors (Lipinski definition) is 5. The number of anilines is 1. The molecule has 1 heterocycles. The molecule has 0 radical (unpaired) electrons. The topological polar surface area (TPSA) is 117 Å². The number of hydrogen-bond donors (Lipinski definition) is 3. The van der Waals surface area contributed by atoms with Crippen molar-refractivity contribution in [3.8, 4) is 5.69 Å². The first kappa shape index (κ1) is 21.3. The monoisotopic (exact) mass is 432 g/mol. The summed E-state index contributed by atoms with van der Waals surface area (Å²) in [6, 6.07) is 13.1. The van der Waals surface area contributed by atoms with E-state index in [1.165, 1.54) is 12.1 Å². The number of aryl methyl sites for hydroxylation is 1. The molecule has 2 aromatic carbocycles. The molecule has 1 aliphatic carbocycles. The highest BCUT2D eigenvalue weighted by atomic mass is 16.4. The predicted molar refractivity (Wildman–Crippen MR) is 121 cm³/mol. The Labute approximate surface area is 185 Å². The Morgan fingerprint density at radius 2 is 1.53 bits per heavy atom. The van der Waals surface area contributed by atoms with Crippen LogP contribution >= 0.6 is 0 Å². The third-order valence-electron chi connectivity index (χ3n) is 5.55. The van der Waals surface area contributed by atoms with E-state index in [4.69, 9.17) is 15.3 Å². The zero-order valence-electron chi connectivity index (χ0n) is 18.1. The fraction of sp³-hybridized carbons (Fsp3) is 0.250. The van der Waals surface area contributed by atoms with Crippen LogP contribution in [0, 0.1) is 12.3 Å². The molecule has 3 aromatic rings. The molecule has 0 bridgehead atoms. The number of carbonyl (C=O) groups is 2. The highest BCUT2D eigenvalue weighted by Gasteiger charge is 2.34. The van der Waals surface area contributed by atoms with Gasteiger partial charge in [-0.3, -0.25) is 5.43 Å². The van der Waals surface area contributed by atoms with Crippen LogP contribution in [0.25, 0.3) is 5.69 Å². The Bertz CT molecular complexity index is 1220. The molecule has 8 nitrogen and oxygen atoms in total. The minimum Gasteiger partial charge on any atom is -0.478 e. The van der Waals surface area contributed by atoms with Crippen LogP contribution in [0.4, 0.5) is 5.69 Å². The number of aromatic carboxylic acids is 2. The maximum Gasteiger partial charge on any atom is 0.335 e. The van der Waals surface area contributed by atoms with E-state index in [1.54, 1.807) is 36.4 Å². The van der Waals surface area contributed by atoms with Crippen molar-refractivity contribution in [2.75, 3.05) is 5.43 Å². The molecule has 32 heavy (non-hydrogen) atoms. The second kappa shape index (κ2) is 7.96. The van der Waals surface area contributed by atoms with Crippen molar-refractivity contribution in [3.05, 3.63) is 76.6 Å². The van der Waals surface area contributed by atoms with Crippen molar-refractivity contribution in [1.29, 1.82) is 0 Å². The van der Waals surface area contributed by atoms with Crippen molar-refractivity contribution in [3.63, 3.8) is 0 Å². The SMILES string of the molecule is Cc1nn(-c2ccc(C(=O)O)cc2)c2c1/C(=N/Nc1ccc(C(=O)O)cc1)CC(C)(C)C2. The summed E-state index contributed by atoms with van der Waals surface area (Å²) in [4.78, 5) is 22.2. The normalized spacial score (nSPS) is 15.9. The van der Waals surface area contributed by atoms with Crippen LogP contribution < -0.4 is 5.43 Å². The lowest BCUT2D eigenvalue weighted by molar-refractivity contribution is 0.0686. The first-order chi connectivity index (χ1) is 15.1. The van der Waals surface area contributed by atoms with Gasteiger partial charge in [0.2, 0.25) is 0 Å². The quantitative estimate of drug-likeness (QED) is 0.516. The van der Waals surface area contributed by atoms with Gasteiger partial charge in [0.15, 0.2) is 0 Å². The minimum absolute atomic E-state index is 0.0497. The molecular weight excluding hydrogens is 408 g/mol. The molecular formula is C24H24N4O4. The van der Waals surface area contributed by atoms with E-state index in [2.05, 4.69) is 24.4 Å². The molecule has 0 saturated carbocycles. The predicted octanol–water partition coefficient (Wildman–Crippen LogP) is 4.37. The number of carboxylic acid groups (broad SMARTS) is 2. The number of nitrogens with one attached hydrogen (secondary N) is 1. The summed E-state index contributed by atoms with van der Waals surface area (Å²) in [6.07, 6.45) is 1.56. The van der Waals surface area contributed by atoms with Gasteiger partial charge in [0.05, 0.1) is 39.6 Å². The number of carboxylic acids is 2. The van der Waals surface area contributed by atoms with Crippen molar-refractivity contribution < 1.29 is 19.8 Å². The summed E-state index contributed by atoms with van der Waals surface area (Å²) >= 11 is 0. The molecule has 0 amide bonds. The van der Waals surface area contributed by atoms with Crippen LogP contribution in [0.2, 0.25) is 0 Å². The average molecular weight is 432 g/mol. The summed E-state index contributed by atoms with van der Waals surface area (Å²) in [5.41, 5.74) is 8.69. The number of rotatable bonds is 5. The lowest BCUT2D eigenvalue weighted by atomic mass is 9.75. The molecule has 0 unspecified atom stereocenters. The van der Waals surface area contributed by atoms with Crippen LogP contribution in [0.15, 0.2) is 53.6 Å². The maximum absolute atomic E-state index is 11.2. The summed E-state index contributed by atoms with van der Waals surface area (Å²) in [5.74, 6) is -1.94. The lowest BCUT2D eigenvalue weighted by Gasteiger charge is -2.31. The molecule has 0 spiro atoms. The molecule has 1 aromatic heterocycles. The van der Waals surface area contributed by atoms with Crippen LogP contribution in [-0.4, -0.2) is 37.6 Å². The Hall–Kier alpha value is -3.94. The van der Waals surface area contributed by atoms with Gasteiger partial charge >= 0.3 is 11.9 Å². The third-order valence-corrected chi connectivity index (χ3v) is 5.55. The number of hydrazone groups is 1. The van der Waals surface area contributed by atoms with Gasteiger partial charge in [-0.2, -0.15) is 10.2 Å². The van der Waals surface area contributed by atoms with E-state index in [0.29, 0.717) is 5.69 Å². The van der Waals surface area contributed by atoms with E-state index >= 15 is 0 Å². The highest BCUT2D eigenvalue weighted by molar-refractivity contribution is 6.04. The third kappa shape index (κ3) is 4.12. The molecule has 0 saturated heterocycles. The molecule has 164 valence electrons. The average Bonchev–Trinajstić information content (AvgIpc) is 3.07. The zero-order chi connectivity index (χ0) is 23.0. The van der Waals surface area contributed by atoms with E-state index in [1.807, 2.05) is 11.6 Å². The van der Waals surface area contributed by atoms with Crippen molar-refractivity contribution >= 4 is 23.3 Å². The molecule has 0 aliphatic heterocycles. The van der Waals surface area contributed by atoms with Crippen molar-refractivity contribution in [2.24, 2.45) is 10.5 Å². The molecule has 0 fully saturated rings. The van der Waals surface area contributed by atoms with E-state index in [0.717, 1.165) is 41.2 Å². The summed E-state index contributed by atoms with van der Waals surface area (Å²) in [7, 11) is 0. The second-order valence-corrected chi connectivity index (χ2v) is 8.74. The van der Waals surface area contributed by atoms with Gasteiger partial charge in [0.1, 0.15) is 0 Å². The largest absolute Gasteiger partial charge is 0.478 e. The number of nitrogens with zero attached hydrogens (tertiary/aromatic N) is 3. The fourth-order valence-electron chi connectivity index (χ4n) is 4.04. The molecule has 0 atom stereocenters. The van der Waals surface area contributed by atoms with Crippen LogP contribution in [0.3, 0.4) is 0 Å². The Kier molecular flexibility index (Phi) is 5.30. The van der Waals surface area contributed by atoms with E-state index in [9.17, 15) is 9.59 Å². The van der Waals surface area contributed by atoms with Gasteiger partial charge in [0.25, 0.3) is 0 Å². The van der Waals surface area contributed by atoms with Crippen LogP contribution in [0.1, 0.15) is 57.9 Å². The van der Waals surface area contributed by atoms with Gasteiger partial charge < -0.3 is 10.2 Å². The molecule has 1 aliphatic rings. The Morgan fingerprint density at radius 3 is 2.09 bits per heavy atom. The van der Waals surface area contributed by atoms with Gasteiger partial charge in [0, 0.05) is 5.56 Å². The molecule has 3 N–H and O–H groups in total. The van der Waals surface area contributed by atoms with Gasteiger partial charge in [-0.05, 0) is 73.7 Å². The Morgan fingerprint density at radius 1 is 0.969 bits per heavy atom. The number of aromatic nitrogens is 2. The second-order valence-electron chi connectivity index (χ2n) is 8.74.